The van der Waals surface area contributed by atoms with Gasteiger partial charge >= 0.3 is 0 Å². The van der Waals surface area contributed by atoms with Crippen LogP contribution in [0.5, 0.6) is 0 Å². The molecule has 21 heavy (non-hydrogen) atoms. The van der Waals surface area contributed by atoms with Crippen LogP contribution < -0.4 is 10.6 Å². The van der Waals surface area contributed by atoms with E-state index in [9.17, 15) is 9.18 Å². The van der Waals surface area contributed by atoms with Gasteiger partial charge in [-0.25, -0.2) is 4.39 Å². The first kappa shape index (κ1) is 15.0. The quantitative estimate of drug-likeness (QED) is 0.870. The number of nitrogens with two attached hydrogens (primary N) is 1. The van der Waals surface area contributed by atoms with Crippen LogP contribution in [0.1, 0.15) is 29.3 Å². The summed E-state index contributed by atoms with van der Waals surface area (Å²) in [4.78, 5) is 14.3. The molecule has 2 rings (SSSR count). The highest BCUT2D eigenvalue weighted by Crippen LogP contribution is 2.25. The Labute approximate surface area is 124 Å². The minimum absolute atomic E-state index is 0.169. The van der Waals surface area contributed by atoms with Crippen molar-refractivity contribution in [1.29, 1.82) is 0 Å². The van der Waals surface area contributed by atoms with E-state index in [2.05, 4.69) is 0 Å². The van der Waals surface area contributed by atoms with Gasteiger partial charge in [0.2, 0.25) is 0 Å². The van der Waals surface area contributed by atoms with Gasteiger partial charge in [-0.05, 0) is 49.2 Å². The summed E-state index contributed by atoms with van der Waals surface area (Å²) < 4.78 is 13.4. The van der Waals surface area contributed by atoms with Crippen molar-refractivity contribution < 1.29 is 9.18 Å². The summed E-state index contributed by atoms with van der Waals surface area (Å²) in [7, 11) is 0. The Hall–Kier alpha value is -2.36. The van der Waals surface area contributed by atoms with Crippen LogP contribution in [-0.2, 0) is 0 Å². The van der Waals surface area contributed by atoms with Crippen molar-refractivity contribution in [2.75, 3.05) is 17.2 Å². The van der Waals surface area contributed by atoms with Gasteiger partial charge in [0.25, 0.3) is 5.91 Å². The molecule has 0 aliphatic heterocycles. The van der Waals surface area contributed by atoms with E-state index < -0.39 is 0 Å². The van der Waals surface area contributed by atoms with Crippen molar-refractivity contribution in [3.05, 3.63) is 59.4 Å². The molecule has 4 heteroatoms. The molecule has 0 atom stereocenters. The molecule has 2 N–H and O–H groups in total. The molecule has 0 saturated heterocycles. The number of para-hydroxylation sites is 2. The number of aryl methyl sites for hydroxylation is 1. The SMILES string of the molecule is CCCN(C(=O)c1ccc(F)c(C)c1)c1ccccc1N. The van der Waals surface area contributed by atoms with Gasteiger partial charge in [0.1, 0.15) is 5.82 Å². The topological polar surface area (TPSA) is 46.3 Å². The van der Waals surface area contributed by atoms with Crippen LogP contribution in [0.15, 0.2) is 42.5 Å². The van der Waals surface area contributed by atoms with Crippen LogP contribution in [0.25, 0.3) is 0 Å². The van der Waals surface area contributed by atoms with Crippen LogP contribution in [-0.4, -0.2) is 12.5 Å². The zero-order valence-electron chi connectivity index (χ0n) is 12.3. The molecule has 0 aliphatic rings. The van der Waals surface area contributed by atoms with E-state index >= 15 is 0 Å². The van der Waals surface area contributed by atoms with Gasteiger partial charge in [-0.2, -0.15) is 0 Å². The third-order valence-electron chi connectivity index (χ3n) is 3.32. The number of anilines is 2. The van der Waals surface area contributed by atoms with E-state index in [1.54, 1.807) is 24.0 Å². The zero-order chi connectivity index (χ0) is 15.4. The summed E-state index contributed by atoms with van der Waals surface area (Å²) in [5.74, 6) is -0.481. The third-order valence-corrected chi connectivity index (χ3v) is 3.32. The van der Waals surface area contributed by atoms with E-state index in [1.807, 2.05) is 25.1 Å². The van der Waals surface area contributed by atoms with E-state index in [0.717, 1.165) is 6.42 Å². The van der Waals surface area contributed by atoms with Crippen molar-refractivity contribution in [2.24, 2.45) is 0 Å². The lowest BCUT2D eigenvalue weighted by atomic mass is 10.1. The first-order valence-corrected chi connectivity index (χ1v) is 6.97. The average molecular weight is 286 g/mol. The van der Waals surface area contributed by atoms with Crippen LogP contribution >= 0.6 is 0 Å². The van der Waals surface area contributed by atoms with Crippen molar-refractivity contribution in [3.63, 3.8) is 0 Å². The van der Waals surface area contributed by atoms with Crippen LogP contribution in [0.4, 0.5) is 15.8 Å². The number of hydrogen-bond acceptors (Lipinski definition) is 2. The van der Waals surface area contributed by atoms with Crippen molar-refractivity contribution in [1.82, 2.24) is 0 Å². The molecule has 0 spiro atoms. The first-order chi connectivity index (χ1) is 10.0. The summed E-state index contributed by atoms with van der Waals surface area (Å²) in [5.41, 5.74) is 8.13. The highest BCUT2D eigenvalue weighted by atomic mass is 19.1. The molecule has 2 aromatic rings. The van der Waals surface area contributed by atoms with Gasteiger partial charge in [0.15, 0.2) is 0 Å². The summed E-state index contributed by atoms with van der Waals surface area (Å²) in [6.45, 7) is 4.20. The number of hydrogen-bond donors (Lipinski definition) is 1. The van der Waals surface area contributed by atoms with Crippen molar-refractivity contribution in [3.8, 4) is 0 Å². The molecule has 0 heterocycles. The van der Waals surface area contributed by atoms with Crippen LogP contribution in [0.3, 0.4) is 0 Å². The van der Waals surface area contributed by atoms with Gasteiger partial charge in [-0.1, -0.05) is 19.1 Å². The number of nitrogens with zero attached hydrogens (tertiary/aromatic N) is 1. The maximum absolute atomic E-state index is 13.4. The van der Waals surface area contributed by atoms with E-state index in [1.165, 1.54) is 12.1 Å². The summed E-state index contributed by atoms with van der Waals surface area (Å²) in [6, 6.07) is 11.7. The molecule has 2 aromatic carbocycles. The second kappa shape index (κ2) is 6.39. The molecular formula is C17H19FN2O. The number of rotatable bonds is 4. The van der Waals surface area contributed by atoms with E-state index in [4.69, 9.17) is 5.73 Å². The Bertz CT molecular complexity index is 655. The number of nitrogen functional groups attached to an aromatic ring is 1. The number of amides is 1. The Morgan fingerprint density at radius 1 is 1.24 bits per heavy atom. The Balaban J connectivity index is 2.40. The standard InChI is InChI=1S/C17H19FN2O/c1-3-10-20(16-7-5-4-6-15(16)19)17(21)13-8-9-14(18)12(2)11-13/h4-9,11H,3,10,19H2,1-2H3. The summed E-state index contributed by atoms with van der Waals surface area (Å²) in [5, 5.41) is 0. The highest BCUT2D eigenvalue weighted by Gasteiger charge is 2.19. The van der Waals surface area contributed by atoms with Gasteiger partial charge < -0.3 is 10.6 Å². The van der Waals surface area contributed by atoms with Crippen LogP contribution in [0.2, 0.25) is 0 Å². The lowest BCUT2D eigenvalue weighted by Gasteiger charge is -2.24. The van der Waals surface area contributed by atoms with Gasteiger partial charge in [-0.15, -0.1) is 0 Å². The molecule has 0 fully saturated rings. The third kappa shape index (κ3) is 3.21. The summed E-state index contributed by atoms with van der Waals surface area (Å²) in [6.07, 6.45) is 0.806. The second-order valence-corrected chi connectivity index (χ2v) is 4.98. The minimum Gasteiger partial charge on any atom is -0.397 e. The number of benzene rings is 2. The lowest BCUT2D eigenvalue weighted by Crippen LogP contribution is -2.32. The molecule has 0 aromatic heterocycles. The molecule has 0 saturated carbocycles. The largest absolute Gasteiger partial charge is 0.397 e. The van der Waals surface area contributed by atoms with E-state index in [-0.39, 0.29) is 11.7 Å². The van der Waals surface area contributed by atoms with Crippen molar-refractivity contribution >= 4 is 17.3 Å². The zero-order valence-corrected chi connectivity index (χ0v) is 12.3. The smallest absolute Gasteiger partial charge is 0.258 e. The second-order valence-electron chi connectivity index (χ2n) is 4.98. The Kier molecular flexibility index (Phi) is 4.58. The molecule has 110 valence electrons. The molecule has 0 radical (unpaired) electrons. The van der Waals surface area contributed by atoms with Gasteiger partial charge in [0, 0.05) is 12.1 Å². The van der Waals surface area contributed by atoms with Crippen LogP contribution in [0, 0.1) is 12.7 Å². The molecule has 1 amide bonds. The maximum atomic E-state index is 13.4. The predicted molar refractivity (Wildman–Crippen MR) is 84.0 cm³/mol. The maximum Gasteiger partial charge on any atom is 0.258 e. The Morgan fingerprint density at radius 2 is 1.95 bits per heavy atom. The molecule has 3 nitrogen and oxygen atoms in total. The van der Waals surface area contributed by atoms with E-state index in [0.29, 0.717) is 29.0 Å². The summed E-state index contributed by atoms with van der Waals surface area (Å²) >= 11 is 0. The average Bonchev–Trinajstić information content (AvgIpc) is 2.48. The monoisotopic (exact) mass is 286 g/mol. The minimum atomic E-state index is -0.312. The fourth-order valence-electron chi connectivity index (χ4n) is 2.22. The molecule has 0 bridgehead atoms. The Morgan fingerprint density at radius 3 is 2.57 bits per heavy atom. The molecular weight excluding hydrogens is 267 g/mol. The highest BCUT2D eigenvalue weighted by molar-refractivity contribution is 6.07. The number of carbonyl (C=O) groups excluding carboxylic acids is 1. The predicted octanol–water partition coefficient (Wildman–Crippen LogP) is 3.77. The molecule has 0 aliphatic carbocycles. The van der Waals surface area contributed by atoms with Gasteiger partial charge in [-0.3, -0.25) is 4.79 Å². The van der Waals surface area contributed by atoms with Gasteiger partial charge in [0.05, 0.1) is 11.4 Å². The van der Waals surface area contributed by atoms with Crippen molar-refractivity contribution in [2.45, 2.75) is 20.3 Å². The number of carbonyl (C=O) groups is 1. The number of halogens is 1. The first-order valence-electron chi connectivity index (χ1n) is 6.97. The fraction of sp³-hybridized carbons (Fsp3) is 0.235. The normalized spacial score (nSPS) is 10.4. The lowest BCUT2D eigenvalue weighted by molar-refractivity contribution is 0.0987. The fourth-order valence-corrected chi connectivity index (χ4v) is 2.22. The molecule has 0 unspecified atom stereocenters.